The van der Waals surface area contributed by atoms with E-state index in [0.29, 0.717) is 5.76 Å². The number of rotatable bonds is 6. The van der Waals surface area contributed by atoms with Crippen LogP contribution < -0.4 is 11.1 Å². The number of benzene rings is 1. The molecule has 130 valence electrons. The van der Waals surface area contributed by atoms with Crippen molar-refractivity contribution in [3.8, 4) is 0 Å². The monoisotopic (exact) mass is 340 g/mol. The van der Waals surface area contributed by atoms with Gasteiger partial charge < -0.3 is 20.6 Å². The Morgan fingerprint density at radius 1 is 1.32 bits per heavy atom. The summed E-state index contributed by atoms with van der Waals surface area (Å²) >= 11 is 0. The van der Waals surface area contributed by atoms with Gasteiger partial charge in [0.05, 0.1) is 24.5 Å². The van der Waals surface area contributed by atoms with Gasteiger partial charge in [-0.15, -0.1) is 0 Å². The molecule has 0 aliphatic carbocycles. The fourth-order valence-electron chi connectivity index (χ4n) is 2.07. The first-order valence-electron chi connectivity index (χ1n) is 7.59. The number of amidine groups is 1. The van der Waals surface area contributed by atoms with Crippen molar-refractivity contribution in [2.24, 2.45) is 15.7 Å². The van der Waals surface area contributed by atoms with Crippen molar-refractivity contribution in [1.29, 1.82) is 0 Å². The Morgan fingerprint density at radius 2 is 2.04 bits per heavy atom. The fraction of sp³-hybridized carbons (Fsp3) is 0.167. The highest BCUT2D eigenvalue weighted by atomic mass is 16.3. The molecule has 1 heterocycles. The van der Waals surface area contributed by atoms with Crippen molar-refractivity contribution >= 4 is 18.5 Å². The van der Waals surface area contributed by atoms with Crippen LogP contribution in [0.1, 0.15) is 24.3 Å². The molecular weight excluding hydrogens is 320 g/mol. The first kappa shape index (κ1) is 18.2. The van der Waals surface area contributed by atoms with Gasteiger partial charge in [-0.1, -0.05) is 30.3 Å². The lowest BCUT2D eigenvalue weighted by molar-refractivity contribution is -0.118. The van der Waals surface area contributed by atoms with Gasteiger partial charge in [0.25, 0.3) is 5.91 Å². The maximum absolute atomic E-state index is 12.4. The van der Waals surface area contributed by atoms with Gasteiger partial charge in [-0.05, 0) is 31.3 Å². The summed E-state index contributed by atoms with van der Waals surface area (Å²) in [4.78, 5) is 20.2. The standard InChI is InChI=1S/C18H20N4O3/c1-12(16(19)22-17(20-2)15-9-6-10-25-15)18(24)21-14(11-23)13-7-4-3-5-8-13/h3-10,14,23H,2,11,19H2,1H3,(H,21,24)/b16-12+,22-17-/t14-/m1/s1. The van der Waals surface area contributed by atoms with Crippen LogP contribution in [0.4, 0.5) is 0 Å². The van der Waals surface area contributed by atoms with Gasteiger partial charge >= 0.3 is 0 Å². The van der Waals surface area contributed by atoms with Gasteiger partial charge in [0.15, 0.2) is 11.6 Å². The maximum Gasteiger partial charge on any atom is 0.251 e. The highest BCUT2D eigenvalue weighted by molar-refractivity contribution is 6.00. The molecule has 1 aromatic carbocycles. The van der Waals surface area contributed by atoms with E-state index < -0.39 is 11.9 Å². The van der Waals surface area contributed by atoms with Gasteiger partial charge in [0.2, 0.25) is 0 Å². The van der Waals surface area contributed by atoms with Crippen molar-refractivity contribution < 1.29 is 14.3 Å². The number of aliphatic imine (C=N–C) groups is 2. The average molecular weight is 340 g/mol. The van der Waals surface area contributed by atoms with Crippen LogP contribution in [0.25, 0.3) is 0 Å². The number of nitrogens with two attached hydrogens (primary N) is 1. The van der Waals surface area contributed by atoms with Gasteiger partial charge in [-0.3, -0.25) is 4.79 Å². The van der Waals surface area contributed by atoms with E-state index in [1.807, 2.05) is 30.3 Å². The van der Waals surface area contributed by atoms with Crippen LogP contribution in [-0.2, 0) is 4.79 Å². The number of aliphatic hydroxyl groups excluding tert-OH is 1. The summed E-state index contributed by atoms with van der Waals surface area (Å²) in [5.74, 6) is 0.119. The molecule has 25 heavy (non-hydrogen) atoms. The molecule has 2 aromatic rings. The number of furan rings is 1. The molecule has 7 nitrogen and oxygen atoms in total. The molecule has 0 spiro atoms. The van der Waals surface area contributed by atoms with Gasteiger partial charge in [-0.25, -0.2) is 9.98 Å². The molecule has 0 bridgehead atoms. The highest BCUT2D eigenvalue weighted by Gasteiger charge is 2.16. The minimum Gasteiger partial charge on any atom is -0.461 e. The quantitative estimate of drug-likeness (QED) is 0.422. The first-order valence-corrected chi connectivity index (χ1v) is 7.59. The summed E-state index contributed by atoms with van der Waals surface area (Å²) in [5.41, 5.74) is 6.88. The molecule has 0 radical (unpaired) electrons. The molecule has 7 heteroatoms. The van der Waals surface area contributed by atoms with Gasteiger partial charge in [0.1, 0.15) is 5.82 Å². The van der Waals surface area contributed by atoms with Crippen molar-refractivity contribution in [3.63, 3.8) is 0 Å². The van der Waals surface area contributed by atoms with Crippen LogP contribution >= 0.6 is 0 Å². The van der Waals surface area contributed by atoms with Crippen LogP contribution in [0.5, 0.6) is 0 Å². The molecule has 1 aromatic heterocycles. The number of hydrogen-bond donors (Lipinski definition) is 3. The lowest BCUT2D eigenvalue weighted by atomic mass is 10.1. The Labute approximate surface area is 145 Å². The van der Waals surface area contributed by atoms with E-state index in [9.17, 15) is 9.90 Å². The summed E-state index contributed by atoms with van der Waals surface area (Å²) in [6, 6.07) is 12.0. The highest BCUT2D eigenvalue weighted by Crippen LogP contribution is 2.13. The van der Waals surface area contributed by atoms with E-state index in [0.717, 1.165) is 5.56 Å². The third-order valence-electron chi connectivity index (χ3n) is 3.53. The SMILES string of the molecule is C=N/C(=N\C(N)=C(/C)C(=O)N[C@H](CO)c1ccccc1)c1ccco1. The van der Waals surface area contributed by atoms with Gasteiger partial charge in [0, 0.05) is 0 Å². The molecule has 0 aliphatic heterocycles. The number of aliphatic hydroxyl groups is 1. The molecule has 1 amide bonds. The van der Waals surface area contributed by atoms with Crippen LogP contribution in [0.15, 0.2) is 74.5 Å². The van der Waals surface area contributed by atoms with Crippen molar-refractivity contribution in [3.05, 3.63) is 71.4 Å². The lowest BCUT2D eigenvalue weighted by Crippen LogP contribution is -2.32. The Hall–Kier alpha value is -3.19. The Kier molecular flexibility index (Phi) is 6.25. The maximum atomic E-state index is 12.4. The van der Waals surface area contributed by atoms with E-state index in [1.165, 1.54) is 13.2 Å². The Balaban J connectivity index is 2.19. The summed E-state index contributed by atoms with van der Waals surface area (Å²) in [6.07, 6.45) is 1.47. The number of nitrogens with zero attached hydrogens (tertiary/aromatic N) is 2. The van der Waals surface area contributed by atoms with Crippen molar-refractivity contribution in [1.82, 2.24) is 5.32 Å². The molecule has 0 saturated heterocycles. The summed E-state index contributed by atoms with van der Waals surface area (Å²) in [7, 11) is 0. The third-order valence-corrected chi connectivity index (χ3v) is 3.53. The number of carbonyl (C=O) groups excluding carboxylic acids is 1. The molecule has 4 N–H and O–H groups in total. The first-order chi connectivity index (χ1) is 12.1. The van der Waals surface area contributed by atoms with Crippen molar-refractivity contribution in [2.75, 3.05) is 6.61 Å². The second-order valence-electron chi connectivity index (χ2n) is 5.20. The number of amides is 1. The lowest BCUT2D eigenvalue weighted by Gasteiger charge is -2.17. The van der Waals surface area contributed by atoms with E-state index in [4.69, 9.17) is 10.2 Å². The van der Waals surface area contributed by atoms with Gasteiger partial charge in [-0.2, -0.15) is 0 Å². The number of hydrogen-bond acceptors (Lipinski definition) is 5. The zero-order chi connectivity index (χ0) is 18.2. The van der Waals surface area contributed by atoms with E-state index in [-0.39, 0.29) is 23.8 Å². The second kappa shape index (κ2) is 8.60. The minimum absolute atomic E-state index is 0.0129. The van der Waals surface area contributed by atoms with E-state index in [2.05, 4.69) is 22.0 Å². The van der Waals surface area contributed by atoms with Crippen molar-refractivity contribution in [2.45, 2.75) is 13.0 Å². The molecule has 0 fully saturated rings. The van der Waals surface area contributed by atoms with Crippen LogP contribution in [0.2, 0.25) is 0 Å². The number of carbonyl (C=O) groups is 1. The predicted octanol–water partition coefficient (Wildman–Crippen LogP) is 1.77. The summed E-state index contributed by atoms with van der Waals surface area (Å²) < 4.78 is 5.19. The van der Waals surface area contributed by atoms with E-state index >= 15 is 0 Å². The minimum atomic E-state index is -0.539. The molecule has 0 unspecified atom stereocenters. The smallest absolute Gasteiger partial charge is 0.251 e. The largest absolute Gasteiger partial charge is 0.461 e. The summed E-state index contributed by atoms with van der Waals surface area (Å²) in [6.45, 7) is 4.72. The number of nitrogens with one attached hydrogen (secondary N) is 1. The Morgan fingerprint density at radius 3 is 2.60 bits per heavy atom. The van der Waals surface area contributed by atoms with Crippen LogP contribution in [0, 0.1) is 0 Å². The topological polar surface area (TPSA) is 113 Å². The Bertz CT molecular complexity index is 780. The predicted molar refractivity (Wildman–Crippen MR) is 96.1 cm³/mol. The average Bonchev–Trinajstić information content (AvgIpc) is 3.18. The summed E-state index contributed by atoms with van der Waals surface area (Å²) in [5, 5.41) is 12.3. The molecule has 2 rings (SSSR count). The molecule has 0 saturated carbocycles. The normalized spacial score (nSPS) is 13.8. The van der Waals surface area contributed by atoms with E-state index in [1.54, 1.807) is 12.1 Å². The zero-order valence-corrected chi connectivity index (χ0v) is 13.8. The van der Waals surface area contributed by atoms with Crippen LogP contribution in [-0.4, -0.2) is 30.2 Å². The third kappa shape index (κ3) is 4.65. The molecular formula is C18H20N4O3. The molecule has 1 atom stereocenters. The van der Waals surface area contributed by atoms with Crippen LogP contribution in [0.3, 0.4) is 0 Å². The fourth-order valence-corrected chi connectivity index (χ4v) is 2.07. The molecule has 0 aliphatic rings. The second-order valence-corrected chi connectivity index (χ2v) is 5.20. The zero-order valence-electron chi connectivity index (χ0n) is 13.8.